The van der Waals surface area contributed by atoms with Gasteiger partial charge in [0.25, 0.3) is 0 Å². The molecular formula is C12H15Cl2N3O2S. The van der Waals surface area contributed by atoms with E-state index in [-0.39, 0.29) is 33.7 Å². The summed E-state index contributed by atoms with van der Waals surface area (Å²) in [5, 5.41) is 9.06. The highest BCUT2D eigenvalue weighted by molar-refractivity contribution is 7.89. The molecule has 20 heavy (non-hydrogen) atoms. The van der Waals surface area contributed by atoms with Gasteiger partial charge in [-0.1, -0.05) is 30.1 Å². The lowest BCUT2D eigenvalue weighted by atomic mass is 10.2. The summed E-state index contributed by atoms with van der Waals surface area (Å²) in [4.78, 5) is -0.171. The van der Waals surface area contributed by atoms with Gasteiger partial charge in [-0.2, -0.15) is 9.57 Å². The molecule has 0 radical (unpaired) electrons. The van der Waals surface area contributed by atoms with Gasteiger partial charge >= 0.3 is 0 Å². The maximum atomic E-state index is 12.6. The van der Waals surface area contributed by atoms with Gasteiger partial charge in [-0.25, -0.2) is 8.42 Å². The van der Waals surface area contributed by atoms with Gasteiger partial charge < -0.3 is 5.73 Å². The van der Waals surface area contributed by atoms with Crippen molar-refractivity contribution in [3.05, 3.63) is 22.2 Å². The van der Waals surface area contributed by atoms with Gasteiger partial charge in [0.1, 0.15) is 4.90 Å². The minimum Gasteiger partial charge on any atom is -0.398 e. The second kappa shape index (κ2) is 6.64. The zero-order valence-corrected chi connectivity index (χ0v) is 13.4. The number of hydrogen-bond acceptors (Lipinski definition) is 4. The molecule has 1 rings (SSSR count). The maximum Gasteiger partial charge on any atom is 0.246 e. The topological polar surface area (TPSA) is 87.2 Å². The Balaban J connectivity index is 3.32. The third kappa shape index (κ3) is 3.55. The third-order valence-corrected chi connectivity index (χ3v) is 5.37. The summed E-state index contributed by atoms with van der Waals surface area (Å²) in [5.41, 5.74) is 5.72. The van der Waals surface area contributed by atoms with Crippen LogP contribution in [0.3, 0.4) is 0 Å². The van der Waals surface area contributed by atoms with Crippen LogP contribution < -0.4 is 5.73 Å². The van der Waals surface area contributed by atoms with E-state index in [1.54, 1.807) is 13.8 Å². The van der Waals surface area contributed by atoms with Gasteiger partial charge in [-0.15, -0.1) is 0 Å². The smallest absolute Gasteiger partial charge is 0.246 e. The Hall–Kier alpha value is -1.000. The maximum absolute atomic E-state index is 12.6. The molecule has 0 bridgehead atoms. The second-order valence-corrected chi connectivity index (χ2v) is 7.01. The molecule has 0 saturated heterocycles. The van der Waals surface area contributed by atoms with E-state index in [9.17, 15) is 8.42 Å². The van der Waals surface area contributed by atoms with Crippen LogP contribution in [0.25, 0.3) is 0 Å². The highest BCUT2D eigenvalue weighted by atomic mass is 35.5. The predicted octanol–water partition coefficient (Wildman–Crippen LogP) is 2.75. The zero-order valence-electron chi connectivity index (χ0n) is 11.1. The monoisotopic (exact) mass is 335 g/mol. The van der Waals surface area contributed by atoms with E-state index in [4.69, 9.17) is 34.2 Å². The summed E-state index contributed by atoms with van der Waals surface area (Å²) < 4.78 is 26.3. The van der Waals surface area contributed by atoms with E-state index >= 15 is 0 Å². The third-order valence-electron chi connectivity index (χ3n) is 2.69. The van der Waals surface area contributed by atoms with Crippen LogP contribution in [0, 0.1) is 17.2 Å². The van der Waals surface area contributed by atoms with Crippen molar-refractivity contribution in [1.82, 2.24) is 4.31 Å². The number of nitriles is 1. The highest BCUT2D eigenvalue weighted by Gasteiger charge is 2.29. The lowest BCUT2D eigenvalue weighted by Crippen LogP contribution is -2.35. The Morgan fingerprint density at radius 1 is 1.45 bits per heavy atom. The van der Waals surface area contributed by atoms with Crippen molar-refractivity contribution < 1.29 is 8.42 Å². The van der Waals surface area contributed by atoms with Gasteiger partial charge in [0.05, 0.1) is 22.7 Å². The molecule has 8 heteroatoms. The molecule has 1 aromatic rings. The lowest BCUT2D eigenvalue weighted by Gasteiger charge is -2.23. The van der Waals surface area contributed by atoms with Crippen LogP contribution >= 0.6 is 23.2 Å². The first-order chi connectivity index (χ1) is 9.23. The van der Waals surface area contributed by atoms with E-state index in [0.717, 1.165) is 0 Å². The fourth-order valence-electron chi connectivity index (χ4n) is 1.72. The number of nitrogen functional groups attached to an aromatic ring is 1. The molecule has 0 aliphatic carbocycles. The Kier molecular flexibility index (Phi) is 5.66. The van der Waals surface area contributed by atoms with E-state index < -0.39 is 15.9 Å². The molecule has 0 aromatic heterocycles. The molecule has 1 atom stereocenters. The van der Waals surface area contributed by atoms with Crippen LogP contribution in [0.1, 0.15) is 13.8 Å². The van der Waals surface area contributed by atoms with Crippen LogP contribution in [0.5, 0.6) is 0 Å². The van der Waals surface area contributed by atoms with Crippen LogP contribution in [0.4, 0.5) is 5.69 Å². The molecule has 5 nitrogen and oxygen atoms in total. The highest BCUT2D eigenvalue weighted by Crippen LogP contribution is 2.33. The van der Waals surface area contributed by atoms with Crippen LogP contribution in [-0.2, 0) is 10.0 Å². The number of nitrogens with two attached hydrogens (primary N) is 1. The number of benzene rings is 1. The molecule has 0 saturated carbocycles. The van der Waals surface area contributed by atoms with Gasteiger partial charge in [0, 0.05) is 18.1 Å². The van der Waals surface area contributed by atoms with E-state index in [1.165, 1.54) is 16.4 Å². The fourth-order valence-corrected chi connectivity index (χ4v) is 4.21. The van der Waals surface area contributed by atoms with Crippen molar-refractivity contribution in [2.24, 2.45) is 5.92 Å². The second-order valence-electron chi connectivity index (χ2n) is 4.29. The average molecular weight is 336 g/mol. The molecule has 2 N–H and O–H groups in total. The SMILES string of the molecule is CCN(CC(C)C#N)S(=O)(=O)c1c(N)cc(Cl)cc1Cl. The van der Waals surface area contributed by atoms with E-state index in [0.29, 0.717) is 0 Å². The average Bonchev–Trinajstić information content (AvgIpc) is 2.33. The van der Waals surface area contributed by atoms with Gasteiger partial charge in [0.2, 0.25) is 10.0 Å². The molecule has 1 aromatic carbocycles. The van der Waals surface area contributed by atoms with Crippen molar-refractivity contribution >= 4 is 38.9 Å². The molecule has 0 heterocycles. The minimum atomic E-state index is -3.87. The summed E-state index contributed by atoms with van der Waals surface area (Å²) in [6, 6.07) is 4.66. The number of hydrogen-bond donors (Lipinski definition) is 1. The Morgan fingerprint density at radius 2 is 2.05 bits per heavy atom. The first kappa shape index (κ1) is 17.1. The van der Waals surface area contributed by atoms with Crippen molar-refractivity contribution in [2.75, 3.05) is 18.8 Å². The van der Waals surface area contributed by atoms with Crippen LogP contribution in [-0.4, -0.2) is 25.8 Å². The number of sulfonamides is 1. The number of rotatable bonds is 5. The van der Waals surface area contributed by atoms with Crippen molar-refractivity contribution in [2.45, 2.75) is 18.7 Å². The molecule has 0 fully saturated rings. The largest absolute Gasteiger partial charge is 0.398 e. The number of halogens is 2. The van der Waals surface area contributed by atoms with Crippen molar-refractivity contribution in [3.8, 4) is 6.07 Å². The molecule has 0 aliphatic heterocycles. The normalized spacial score (nSPS) is 13.2. The summed E-state index contributed by atoms with van der Waals surface area (Å²) in [7, 11) is -3.87. The van der Waals surface area contributed by atoms with Gasteiger partial charge in [-0.3, -0.25) is 0 Å². The van der Waals surface area contributed by atoms with Crippen LogP contribution in [0.15, 0.2) is 17.0 Å². The molecular weight excluding hydrogens is 321 g/mol. The van der Waals surface area contributed by atoms with Crippen molar-refractivity contribution in [1.29, 1.82) is 5.26 Å². The first-order valence-electron chi connectivity index (χ1n) is 5.88. The van der Waals surface area contributed by atoms with Crippen molar-refractivity contribution in [3.63, 3.8) is 0 Å². The molecule has 0 amide bonds. The standard InChI is InChI=1S/C12H15Cl2N3O2S/c1-3-17(7-8(2)6-15)20(18,19)12-10(14)4-9(13)5-11(12)16/h4-5,8H,3,7,16H2,1-2H3. The quantitative estimate of drug-likeness (QED) is 0.838. The van der Waals surface area contributed by atoms with Gasteiger partial charge in [0.15, 0.2) is 0 Å². The van der Waals surface area contributed by atoms with E-state index in [2.05, 4.69) is 0 Å². The fraction of sp³-hybridized carbons (Fsp3) is 0.417. The Labute approximate surface area is 128 Å². The molecule has 1 unspecified atom stereocenters. The van der Waals surface area contributed by atoms with Gasteiger partial charge in [-0.05, 0) is 19.1 Å². The first-order valence-corrected chi connectivity index (χ1v) is 8.07. The lowest BCUT2D eigenvalue weighted by molar-refractivity contribution is 0.400. The predicted molar refractivity (Wildman–Crippen MR) is 80.1 cm³/mol. The molecule has 0 aliphatic rings. The summed E-state index contributed by atoms with van der Waals surface area (Å²) in [6.07, 6.45) is 0. The summed E-state index contributed by atoms with van der Waals surface area (Å²) in [6.45, 7) is 3.62. The minimum absolute atomic E-state index is 0.00874. The Morgan fingerprint density at radius 3 is 2.50 bits per heavy atom. The zero-order chi connectivity index (χ0) is 15.5. The number of nitrogens with zero attached hydrogens (tertiary/aromatic N) is 2. The summed E-state index contributed by atoms with van der Waals surface area (Å²) in [5.74, 6) is -0.433. The molecule has 0 spiro atoms. The summed E-state index contributed by atoms with van der Waals surface area (Å²) >= 11 is 11.7. The van der Waals surface area contributed by atoms with Crippen LogP contribution in [0.2, 0.25) is 10.0 Å². The molecule has 110 valence electrons. The van der Waals surface area contributed by atoms with E-state index in [1.807, 2.05) is 6.07 Å². The Bertz CT molecular complexity index is 618. The number of anilines is 1.